The average molecular weight is 252 g/mol. The summed E-state index contributed by atoms with van der Waals surface area (Å²) < 4.78 is 0. The topological polar surface area (TPSA) is 29.1 Å². The molecule has 1 aliphatic rings. The molecule has 0 heterocycles. The summed E-state index contributed by atoms with van der Waals surface area (Å²) in [6.45, 7) is 4.18. The van der Waals surface area contributed by atoms with Crippen LogP contribution in [0.1, 0.15) is 42.6 Å². The van der Waals surface area contributed by atoms with Gasteiger partial charge < -0.3 is 5.32 Å². The molecule has 0 aliphatic heterocycles. The van der Waals surface area contributed by atoms with Crippen molar-refractivity contribution in [2.45, 2.75) is 38.1 Å². The van der Waals surface area contributed by atoms with Crippen molar-refractivity contribution in [2.24, 2.45) is 5.92 Å². The van der Waals surface area contributed by atoms with Gasteiger partial charge in [0.1, 0.15) is 0 Å². The summed E-state index contributed by atoms with van der Waals surface area (Å²) in [6, 6.07) is 7.48. The summed E-state index contributed by atoms with van der Waals surface area (Å²) in [6.07, 6.45) is 2.43. The molecular formula is C14H18ClNO. The van der Waals surface area contributed by atoms with Gasteiger partial charge in [-0.05, 0) is 50.3 Å². The van der Waals surface area contributed by atoms with E-state index in [9.17, 15) is 4.79 Å². The lowest BCUT2D eigenvalue weighted by molar-refractivity contribution is 0.0903. The molecule has 1 amide bonds. The first-order valence-corrected chi connectivity index (χ1v) is 6.54. The van der Waals surface area contributed by atoms with Crippen LogP contribution >= 0.6 is 11.6 Å². The molecule has 1 aliphatic carbocycles. The van der Waals surface area contributed by atoms with E-state index in [0.29, 0.717) is 17.4 Å². The van der Waals surface area contributed by atoms with Crippen molar-refractivity contribution < 1.29 is 4.79 Å². The summed E-state index contributed by atoms with van der Waals surface area (Å²) in [7, 11) is 0. The molecule has 17 heavy (non-hydrogen) atoms. The fraction of sp³-hybridized carbons (Fsp3) is 0.500. The lowest BCUT2D eigenvalue weighted by atomic mass is 9.98. The van der Waals surface area contributed by atoms with E-state index in [1.54, 1.807) is 0 Å². The Labute approximate surface area is 107 Å². The molecule has 1 N–H and O–H groups in total. The van der Waals surface area contributed by atoms with Crippen LogP contribution in [0.3, 0.4) is 0 Å². The van der Waals surface area contributed by atoms with Gasteiger partial charge in [0, 0.05) is 17.0 Å². The average Bonchev–Trinajstić information content (AvgIpc) is 3.12. The maximum Gasteiger partial charge on any atom is 0.251 e. The third-order valence-corrected chi connectivity index (χ3v) is 3.69. The van der Waals surface area contributed by atoms with E-state index < -0.39 is 0 Å². The predicted octanol–water partition coefficient (Wildman–Crippen LogP) is 3.34. The quantitative estimate of drug-likeness (QED) is 0.817. The van der Waals surface area contributed by atoms with Crippen LogP contribution in [0.2, 0.25) is 0 Å². The number of amides is 1. The van der Waals surface area contributed by atoms with Crippen LogP contribution in [-0.4, -0.2) is 11.4 Å². The third kappa shape index (κ3) is 3.01. The van der Waals surface area contributed by atoms with E-state index >= 15 is 0 Å². The fourth-order valence-electron chi connectivity index (χ4n) is 2.07. The Bertz CT molecular complexity index is 424. The van der Waals surface area contributed by atoms with E-state index in [1.807, 2.05) is 24.3 Å². The molecule has 2 nitrogen and oxygen atoms in total. The molecular weight excluding hydrogens is 234 g/mol. The molecule has 1 fully saturated rings. The monoisotopic (exact) mass is 251 g/mol. The SMILES string of the molecule is CC(C)(NC(=O)c1cccc(CCl)c1)C1CC1. The molecule has 0 spiro atoms. The van der Waals surface area contributed by atoms with Crippen LogP contribution in [0.5, 0.6) is 0 Å². The lowest BCUT2D eigenvalue weighted by Crippen LogP contribution is -2.45. The van der Waals surface area contributed by atoms with Gasteiger partial charge in [-0.25, -0.2) is 0 Å². The minimum absolute atomic E-state index is 0.00568. The number of halogens is 1. The van der Waals surface area contributed by atoms with Gasteiger partial charge in [0.25, 0.3) is 5.91 Å². The van der Waals surface area contributed by atoms with Crippen molar-refractivity contribution in [1.82, 2.24) is 5.32 Å². The molecule has 1 aromatic rings. The van der Waals surface area contributed by atoms with Crippen molar-refractivity contribution in [2.75, 3.05) is 0 Å². The van der Waals surface area contributed by atoms with Crippen molar-refractivity contribution in [3.63, 3.8) is 0 Å². The summed E-state index contributed by atoms with van der Waals surface area (Å²) in [5.74, 6) is 1.06. The highest BCUT2D eigenvalue weighted by Gasteiger charge is 2.38. The molecule has 92 valence electrons. The van der Waals surface area contributed by atoms with Crippen LogP contribution < -0.4 is 5.32 Å². The number of benzene rings is 1. The lowest BCUT2D eigenvalue weighted by Gasteiger charge is -2.26. The van der Waals surface area contributed by atoms with Crippen LogP contribution in [0.4, 0.5) is 0 Å². The number of alkyl halides is 1. The fourth-order valence-corrected chi connectivity index (χ4v) is 2.23. The van der Waals surface area contributed by atoms with Gasteiger partial charge in [0.2, 0.25) is 0 Å². The van der Waals surface area contributed by atoms with E-state index in [0.717, 1.165) is 5.56 Å². The van der Waals surface area contributed by atoms with Gasteiger partial charge in [0.05, 0.1) is 0 Å². The molecule has 0 unspecified atom stereocenters. The van der Waals surface area contributed by atoms with Gasteiger partial charge in [-0.1, -0.05) is 12.1 Å². The van der Waals surface area contributed by atoms with E-state index in [2.05, 4.69) is 19.2 Å². The van der Waals surface area contributed by atoms with Crippen molar-refractivity contribution in [3.8, 4) is 0 Å². The number of rotatable bonds is 4. The minimum Gasteiger partial charge on any atom is -0.347 e. The Hall–Kier alpha value is -1.02. The normalized spacial score (nSPS) is 15.7. The Morgan fingerprint density at radius 2 is 2.18 bits per heavy atom. The Morgan fingerprint density at radius 1 is 1.47 bits per heavy atom. The number of hydrogen-bond acceptors (Lipinski definition) is 1. The molecule has 0 atom stereocenters. The molecule has 0 bridgehead atoms. The highest BCUT2D eigenvalue weighted by Crippen LogP contribution is 2.39. The number of nitrogens with one attached hydrogen (secondary N) is 1. The maximum absolute atomic E-state index is 12.1. The molecule has 0 radical (unpaired) electrons. The second-order valence-corrected chi connectivity index (χ2v) is 5.55. The van der Waals surface area contributed by atoms with Gasteiger partial charge >= 0.3 is 0 Å². The first-order chi connectivity index (χ1) is 8.03. The van der Waals surface area contributed by atoms with Crippen molar-refractivity contribution >= 4 is 17.5 Å². The number of hydrogen-bond donors (Lipinski definition) is 1. The molecule has 1 saturated carbocycles. The van der Waals surface area contributed by atoms with E-state index in [4.69, 9.17) is 11.6 Å². The largest absolute Gasteiger partial charge is 0.347 e. The van der Waals surface area contributed by atoms with Crippen LogP contribution in [0.25, 0.3) is 0 Å². The van der Waals surface area contributed by atoms with Gasteiger partial charge in [-0.3, -0.25) is 4.79 Å². The number of carbonyl (C=O) groups excluding carboxylic acids is 1. The third-order valence-electron chi connectivity index (χ3n) is 3.38. The van der Waals surface area contributed by atoms with Crippen LogP contribution in [0.15, 0.2) is 24.3 Å². The van der Waals surface area contributed by atoms with Gasteiger partial charge in [-0.15, -0.1) is 11.6 Å². The molecule has 2 rings (SSSR count). The first-order valence-electron chi connectivity index (χ1n) is 6.00. The number of carbonyl (C=O) groups is 1. The van der Waals surface area contributed by atoms with E-state index in [1.165, 1.54) is 12.8 Å². The molecule has 1 aromatic carbocycles. The highest BCUT2D eigenvalue weighted by molar-refractivity contribution is 6.17. The first kappa shape index (κ1) is 12.4. The minimum atomic E-state index is -0.103. The second kappa shape index (κ2) is 4.69. The zero-order valence-corrected chi connectivity index (χ0v) is 11.1. The van der Waals surface area contributed by atoms with Crippen LogP contribution in [-0.2, 0) is 5.88 Å². The summed E-state index contributed by atoms with van der Waals surface area (Å²) in [5, 5.41) is 3.10. The van der Waals surface area contributed by atoms with Gasteiger partial charge in [-0.2, -0.15) is 0 Å². The standard InChI is InChI=1S/C14H18ClNO/c1-14(2,12-6-7-12)16-13(17)11-5-3-4-10(8-11)9-15/h3-5,8,12H,6-7,9H2,1-2H3,(H,16,17). The predicted molar refractivity (Wildman–Crippen MR) is 70.3 cm³/mol. The second-order valence-electron chi connectivity index (χ2n) is 5.28. The Kier molecular flexibility index (Phi) is 3.43. The smallest absolute Gasteiger partial charge is 0.251 e. The van der Waals surface area contributed by atoms with Crippen LogP contribution in [0, 0.1) is 5.92 Å². The molecule has 0 saturated heterocycles. The molecule has 3 heteroatoms. The summed E-state index contributed by atoms with van der Waals surface area (Å²) >= 11 is 5.77. The van der Waals surface area contributed by atoms with Gasteiger partial charge in [0.15, 0.2) is 0 Å². The highest BCUT2D eigenvalue weighted by atomic mass is 35.5. The summed E-state index contributed by atoms with van der Waals surface area (Å²) in [5.41, 5.74) is 1.56. The zero-order chi connectivity index (χ0) is 12.5. The maximum atomic E-state index is 12.1. The summed E-state index contributed by atoms with van der Waals surface area (Å²) in [4.78, 5) is 12.1. The molecule has 0 aromatic heterocycles. The van der Waals surface area contributed by atoms with Crippen molar-refractivity contribution in [3.05, 3.63) is 35.4 Å². The zero-order valence-electron chi connectivity index (χ0n) is 10.3. The Morgan fingerprint density at radius 3 is 2.76 bits per heavy atom. The van der Waals surface area contributed by atoms with E-state index in [-0.39, 0.29) is 11.4 Å². The van der Waals surface area contributed by atoms with Crippen molar-refractivity contribution in [1.29, 1.82) is 0 Å². The Balaban J connectivity index is 2.08.